The van der Waals surface area contributed by atoms with Crippen molar-refractivity contribution < 1.29 is 14.3 Å². The second-order valence-corrected chi connectivity index (χ2v) is 6.13. The van der Waals surface area contributed by atoms with E-state index in [0.29, 0.717) is 6.42 Å². The molecule has 2 aromatic carbocycles. The number of hydrogen-bond donors (Lipinski definition) is 0. The Morgan fingerprint density at radius 3 is 2.17 bits per heavy atom. The van der Waals surface area contributed by atoms with Crippen molar-refractivity contribution in [1.82, 2.24) is 0 Å². The lowest BCUT2D eigenvalue weighted by atomic mass is 9.72. The molecule has 120 valence electrons. The lowest BCUT2D eigenvalue weighted by Crippen LogP contribution is -2.25. The number of ether oxygens (including phenoxy) is 2. The molecule has 3 heteroatoms. The zero-order chi connectivity index (χ0) is 16.6. The van der Waals surface area contributed by atoms with Crippen molar-refractivity contribution >= 4 is 5.78 Å². The van der Waals surface area contributed by atoms with E-state index in [0.717, 1.165) is 34.6 Å². The highest BCUT2D eigenvalue weighted by Crippen LogP contribution is 2.48. The lowest BCUT2D eigenvalue weighted by Gasteiger charge is -2.31. The summed E-state index contributed by atoms with van der Waals surface area (Å²) in [5, 5.41) is 0. The fourth-order valence-electron chi connectivity index (χ4n) is 3.81. The molecule has 0 heterocycles. The molecular weight excluding hydrogens is 288 g/mol. The van der Waals surface area contributed by atoms with Gasteiger partial charge in [-0.05, 0) is 54.3 Å². The fraction of sp³-hybridized carbons (Fsp3) is 0.350. The van der Waals surface area contributed by atoms with Crippen molar-refractivity contribution in [2.75, 3.05) is 14.2 Å². The summed E-state index contributed by atoms with van der Waals surface area (Å²) in [6, 6.07) is 12.0. The molecule has 0 saturated heterocycles. The highest BCUT2D eigenvalue weighted by molar-refractivity contribution is 6.03. The molecule has 0 amide bonds. The van der Waals surface area contributed by atoms with E-state index in [1.54, 1.807) is 14.2 Å². The Bertz CT molecular complexity index is 763. The fourth-order valence-corrected chi connectivity index (χ4v) is 3.81. The van der Waals surface area contributed by atoms with Crippen molar-refractivity contribution in [3.63, 3.8) is 0 Å². The van der Waals surface area contributed by atoms with E-state index in [2.05, 4.69) is 19.9 Å². The van der Waals surface area contributed by atoms with Crippen molar-refractivity contribution in [2.45, 2.75) is 32.1 Å². The molecule has 1 aliphatic rings. The van der Waals surface area contributed by atoms with Gasteiger partial charge in [-0.1, -0.05) is 19.1 Å². The SMILES string of the molecule is CCC1(c2ccc(OC)cc2C)CC(=O)c2cc(OC)ccc21. The minimum absolute atomic E-state index is 0.191. The number of aryl methyl sites for hydroxylation is 1. The number of ketones is 1. The molecule has 0 aromatic heterocycles. The molecule has 1 aliphatic carbocycles. The van der Waals surface area contributed by atoms with Crippen LogP contribution in [0.1, 0.15) is 46.8 Å². The summed E-state index contributed by atoms with van der Waals surface area (Å²) in [7, 11) is 3.30. The maximum Gasteiger partial charge on any atom is 0.164 e. The van der Waals surface area contributed by atoms with Crippen LogP contribution in [0.4, 0.5) is 0 Å². The molecule has 3 rings (SSSR count). The molecule has 0 bridgehead atoms. The number of fused-ring (bicyclic) bond motifs is 1. The number of carbonyl (C=O) groups is 1. The summed E-state index contributed by atoms with van der Waals surface area (Å²) in [6.45, 7) is 4.23. The Hall–Kier alpha value is -2.29. The summed E-state index contributed by atoms with van der Waals surface area (Å²) in [6.07, 6.45) is 1.39. The normalized spacial score (nSPS) is 19.6. The zero-order valence-electron chi connectivity index (χ0n) is 14.1. The maximum absolute atomic E-state index is 12.6. The molecule has 1 unspecified atom stereocenters. The summed E-state index contributed by atoms with van der Waals surface area (Å²) >= 11 is 0. The van der Waals surface area contributed by atoms with Gasteiger partial charge in [-0.2, -0.15) is 0 Å². The van der Waals surface area contributed by atoms with E-state index in [1.165, 1.54) is 5.56 Å². The predicted molar refractivity (Wildman–Crippen MR) is 90.7 cm³/mol. The molecule has 2 aromatic rings. The van der Waals surface area contributed by atoms with E-state index in [1.807, 2.05) is 30.3 Å². The van der Waals surface area contributed by atoms with Gasteiger partial charge in [-0.25, -0.2) is 0 Å². The molecule has 0 aliphatic heterocycles. The zero-order valence-corrected chi connectivity index (χ0v) is 14.1. The first-order valence-corrected chi connectivity index (χ1v) is 7.92. The minimum atomic E-state index is -0.255. The van der Waals surface area contributed by atoms with Gasteiger partial charge in [0.15, 0.2) is 5.78 Å². The molecule has 3 nitrogen and oxygen atoms in total. The number of benzene rings is 2. The molecular formula is C20H22O3. The van der Waals surface area contributed by atoms with Gasteiger partial charge in [-0.15, -0.1) is 0 Å². The van der Waals surface area contributed by atoms with Crippen LogP contribution in [0.5, 0.6) is 11.5 Å². The third kappa shape index (κ3) is 2.31. The van der Waals surface area contributed by atoms with E-state index in [9.17, 15) is 4.79 Å². The Balaban J connectivity index is 2.19. The van der Waals surface area contributed by atoms with Gasteiger partial charge in [0, 0.05) is 17.4 Å². The third-order valence-corrected chi connectivity index (χ3v) is 5.06. The van der Waals surface area contributed by atoms with Crippen molar-refractivity contribution in [1.29, 1.82) is 0 Å². The van der Waals surface area contributed by atoms with Gasteiger partial charge in [-0.3, -0.25) is 4.79 Å². The van der Waals surface area contributed by atoms with E-state index < -0.39 is 0 Å². The monoisotopic (exact) mass is 310 g/mol. The lowest BCUT2D eigenvalue weighted by molar-refractivity contribution is 0.0978. The van der Waals surface area contributed by atoms with Crippen LogP contribution in [0.15, 0.2) is 36.4 Å². The molecule has 0 saturated carbocycles. The van der Waals surface area contributed by atoms with Crippen LogP contribution < -0.4 is 9.47 Å². The van der Waals surface area contributed by atoms with E-state index >= 15 is 0 Å². The summed E-state index contributed by atoms with van der Waals surface area (Å²) in [4.78, 5) is 12.6. The van der Waals surface area contributed by atoms with Gasteiger partial charge in [0.05, 0.1) is 14.2 Å². The Labute approximate surface area is 137 Å². The molecule has 1 atom stereocenters. The second-order valence-electron chi connectivity index (χ2n) is 6.13. The summed E-state index contributed by atoms with van der Waals surface area (Å²) in [5.74, 6) is 1.77. The average molecular weight is 310 g/mol. The van der Waals surface area contributed by atoms with Gasteiger partial charge < -0.3 is 9.47 Å². The van der Waals surface area contributed by atoms with Crippen molar-refractivity contribution in [2.24, 2.45) is 0 Å². The maximum atomic E-state index is 12.6. The van der Waals surface area contributed by atoms with E-state index in [4.69, 9.17) is 9.47 Å². The molecule has 0 radical (unpaired) electrons. The quantitative estimate of drug-likeness (QED) is 0.845. The topological polar surface area (TPSA) is 35.5 Å². The van der Waals surface area contributed by atoms with E-state index in [-0.39, 0.29) is 11.2 Å². The van der Waals surface area contributed by atoms with Crippen LogP contribution in [-0.2, 0) is 5.41 Å². The molecule has 0 spiro atoms. The smallest absolute Gasteiger partial charge is 0.164 e. The van der Waals surface area contributed by atoms with Gasteiger partial charge in [0.25, 0.3) is 0 Å². The summed E-state index contributed by atoms with van der Waals surface area (Å²) in [5.41, 5.74) is 4.01. The van der Waals surface area contributed by atoms with Crippen molar-refractivity contribution in [3.05, 3.63) is 58.7 Å². The van der Waals surface area contributed by atoms with Crippen LogP contribution >= 0.6 is 0 Å². The van der Waals surface area contributed by atoms with Crippen LogP contribution in [-0.4, -0.2) is 20.0 Å². The standard InChI is InChI=1S/C20H22O3/c1-5-20(17-8-6-14(22-3)10-13(17)2)12-19(21)16-11-15(23-4)7-9-18(16)20/h6-11H,5,12H2,1-4H3. The number of methoxy groups -OCH3 is 2. The van der Waals surface area contributed by atoms with Gasteiger partial charge in [0.2, 0.25) is 0 Å². The van der Waals surface area contributed by atoms with Gasteiger partial charge >= 0.3 is 0 Å². The Morgan fingerprint density at radius 1 is 1.00 bits per heavy atom. The number of rotatable bonds is 4. The first-order valence-electron chi connectivity index (χ1n) is 7.92. The van der Waals surface area contributed by atoms with Crippen LogP contribution in [0.2, 0.25) is 0 Å². The Morgan fingerprint density at radius 2 is 1.61 bits per heavy atom. The third-order valence-electron chi connectivity index (χ3n) is 5.06. The predicted octanol–water partition coefficient (Wildman–Crippen LogP) is 4.29. The van der Waals surface area contributed by atoms with Crippen LogP contribution in [0, 0.1) is 6.92 Å². The first-order chi connectivity index (χ1) is 11.1. The average Bonchev–Trinajstić information content (AvgIpc) is 2.87. The largest absolute Gasteiger partial charge is 0.497 e. The minimum Gasteiger partial charge on any atom is -0.497 e. The molecule has 0 N–H and O–H groups in total. The highest BCUT2D eigenvalue weighted by atomic mass is 16.5. The van der Waals surface area contributed by atoms with Crippen LogP contribution in [0.3, 0.4) is 0 Å². The number of Topliss-reactive ketones (excluding diaryl/α,β-unsaturated/α-hetero) is 1. The number of hydrogen-bond acceptors (Lipinski definition) is 3. The number of carbonyl (C=O) groups excluding carboxylic acids is 1. The Kier molecular flexibility index (Phi) is 3.88. The van der Waals surface area contributed by atoms with Gasteiger partial charge in [0.1, 0.15) is 11.5 Å². The van der Waals surface area contributed by atoms with Crippen molar-refractivity contribution in [3.8, 4) is 11.5 Å². The second kappa shape index (κ2) is 5.73. The summed E-state index contributed by atoms with van der Waals surface area (Å²) < 4.78 is 10.6. The first kappa shape index (κ1) is 15.6. The molecule has 23 heavy (non-hydrogen) atoms. The highest BCUT2D eigenvalue weighted by Gasteiger charge is 2.44. The molecule has 0 fully saturated rings. The van der Waals surface area contributed by atoms with Crippen LogP contribution in [0.25, 0.3) is 0 Å².